The molecule has 1 aromatic carbocycles. The smallest absolute Gasteiger partial charge is 0.230 e. The maximum Gasteiger partial charge on any atom is 0.230 e. The Morgan fingerprint density at radius 1 is 1.16 bits per heavy atom. The van der Waals surface area contributed by atoms with Crippen LogP contribution in [0, 0.1) is 17.8 Å². The number of allylic oxidation sites excluding steroid dienone is 2. The van der Waals surface area contributed by atoms with E-state index in [9.17, 15) is 4.79 Å². The van der Waals surface area contributed by atoms with Crippen LogP contribution in [0.3, 0.4) is 0 Å². The molecule has 2 nitrogen and oxygen atoms in total. The van der Waals surface area contributed by atoms with E-state index in [0.29, 0.717) is 17.7 Å². The average Bonchev–Trinajstić information content (AvgIpc) is 3.08. The van der Waals surface area contributed by atoms with Crippen LogP contribution in [-0.2, 0) is 11.2 Å². The standard InChI is InChI=1S/C17H19NO/c19-17(15-11-12-7-8-14(15)10-12)18-9-3-5-13-4-1-2-6-16(13)18/h1-2,4,6-8,12,14-15H,3,5,9-11H2/t12-,14-,15-/m1/s1. The first-order chi connectivity index (χ1) is 9.33. The van der Waals surface area contributed by atoms with Crippen molar-refractivity contribution in [3.8, 4) is 0 Å². The number of carbonyl (C=O) groups is 1. The second-order valence-corrected chi connectivity index (χ2v) is 6.11. The first kappa shape index (κ1) is 11.3. The molecule has 4 rings (SSSR count). The number of nitrogens with zero attached hydrogens (tertiary/aromatic N) is 1. The Balaban J connectivity index is 1.63. The van der Waals surface area contributed by atoms with Gasteiger partial charge in [-0.1, -0.05) is 30.4 Å². The third kappa shape index (κ3) is 1.73. The molecule has 0 N–H and O–H groups in total. The highest BCUT2D eigenvalue weighted by atomic mass is 16.2. The summed E-state index contributed by atoms with van der Waals surface area (Å²) in [7, 11) is 0. The molecule has 2 bridgehead atoms. The van der Waals surface area contributed by atoms with Gasteiger partial charge >= 0.3 is 0 Å². The fourth-order valence-electron chi connectivity index (χ4n) is 4.03. The SMILES string of the molecule is O=C([C@@H]1C[C@@H]2C=C[C@@H]1C2)N1CCCc2ccccc21. The minimum absolute atomic E-state index is 0.237. The van der Waals surface area contributed by atoms with E-state index < -0.39 is 0 Å². The van der Waals surface area contributed by atoms with Gasteiger partial charge in [-0.2, -0.15) is 0 Å². The van der Waals surface area contributed by atoms with Gasteiger partial charge in [0, 0.05) is 18.2 Å². The zero-order chi connectivity index (χ0) is 12.8. The van der Waals surface area contributed by atoms with Crippen molar-refractivity contribution in [1.29, 1.82) is 0 Å². The average molecular weight is 253 g/mol. The highest BCUT2D eigenvalue weighted by molar-refractivity contribution is 5.96. The fraction of sp³-hybridized carbons (Fsp3) is 0.471. The number of para-hydroxylation sites is 1. The van der Waals surface area contributed by atoms with Crippen LogP contribution < -0.4 is 4.90 Å². The van der Waals surface area contributed by atoms with Crippen LogP contribution in [-0.4, -0.2) is 12.5 Å². The summed E-state index contributed by atoms with van der Waals surface area (Å²) in [6.07, 6.45) is 9.05. The molecule has 3 atom stereocenters. The largest absolute Gasteiger partial charge is 0.312 e. The summed E-state index contributed by atoms with van der Waals surface area (Å²) in [6, 6.07) is 8.39. The number of fused-ring (bicyclic) bond motifs is 3. The molecule has 2 aliphatic carbocycles. The van der Waals surface area contributed by atoms with Gasteiger partial charge in [0.25, 0.3) is 0 Å². The summed E-state index contributed by atoms with van der Waals surface area (Å²) in [4.78, 5) is 14.9. The minimum Gasteiger partial charge on any atom is -0.312 e. The van der Waals surface area contributed by atoms with Crippen molar-refractivity contribution in [1.82, 2.24) is 0 Å². The molecule has 98 valence electrons. The number of benzene rings is 1. The van der Waals surface area contributed by atoms with Crippen LogP contribution in [0.15, 0.2) is 36.4 Å². The third-order valence-corrected chi connectivity index (χ3v) is 4.97. The molecule has 1 aliphatic heterocycles. The summed E-state index contributed by atoms with van der Waals surface area (Å²) >= 11 is 0. The maximum absolute atomic E-state index is 12.8. The molecule has 0 aromatic heterocycles. The molecule has 1 aromatic rings. The van der Waals surface area contributed by atoms with E-state index in [2.05, 4.69) is 35.3 Å². The Kier molecular flexibility index (Phi) is 2.51. The van der Waals surface area contributed by atoms with Crippen molar-refractivity contribution < 1.29 is 4.79 Å². The quantitative estimate of drug-likeness (QED) is 0.704. The second-order valence-electron chi connectivity index (χ2n) is 6.11. The molecule has 19 heavy (non-hydrogen) atoms. The van der Waals surface area contributed by atoms with E-state index in [-0.39, 0.29) is 5.92 Å². The second kappa shape index (κ2) is 4.22. The van der Waals surface area contributed by atoms with E-state index in [1.54, 1.807) is 0 Å². The van der Waals surface area contributed by atoms with Gasteiger partial charge < -0.3 is 4.90 Å². The lowest BCUT2D eigenvalue weighted by atomic mass is 9.90. The lowest BCUT2D eigenvalue weighted by Crippen LogP contribution is -2.40. The normalized spacial score (nSPS) is 31.6. The molecule has 1 fully saturated rings. The Labute approximate surface area is 114 Å². The van der Waals surface area contributed by atoms with E-state index in [1.165, 1.54) is 12.0 Å². The van der Waals surface area contributed by atoms with Gasteiger partial charge in [0.05, 0.1) is 0 Å². The van der Waals surface area contributed by atoms with Crippen LogP contribution in [0.5, 0.6) is 0 Å². The lowest BCUT2D eigenvalue weighted by Gasteiger charge is -2.33. The molecule has 1 heterocycles. The zero-order valence-electron chi connectivity index (χ0n) is 11.1. The Hall–Kier alpha value is -1.57. The van der Waals surface area contributed by atoms with Gasteiger partial charge in [-0.15, -0.1) is 0 Å². The highest BCUT2D eigenvalue weighted by Gasteiger charge is 2.42. The van der Waals surface area contributed by atoms with E-state index >= 15 is 0 Å². The Morgan fingerprint density at radius 3 is 2.84 bits per heavy atom. The highest BCUT2D eigenvalue weighted by Crippen LogP contribution is 2.45. The predicted octanol–water partition coefficient (Wildman–Crippen LogP) is 3.18. The van der Waals surface area contributed by atoms with Crippen LogP contribution >= 0.6 is 0 Å². The fourth-order valence-corrected chi connectivity index (χ4v) is 4.03. The van der Waals surface area contributed by atoms with Gasteiger partial charge in [0.2, 0.25) is 5.91 Å². The van der Waals surface area contributed by atoms with E-state index in [4.69, 9.17) is 0 Å². The molecule has 1 saturated carbocycles. The lowest BCUT2D eigenvalue weighted by molar-refractivity contribution is -0.123. The van der Waals surface area contributed by atoms with Gasteiger partial charge in [-0.25, -0.2) is 0 Å². The van der Waals surface area contributed by atoms with Crippen molar-refractivity contribution in [2.75, 3.05) is 11.4 Å². The van der Waals surface area contributed by atoms with Crippen LogP contribution in [0.2, 0.25) is 0 Å². The summed E-state index contributed by atoms with van der Waals surface area (Å²) in [5.74, 6) is 1.77. The Morgan fingerprint density at radius 2 is 2.05 bits per heavy atom. The van der Waals surface area contributed by atoms with Crippen LogP contribution in [0.1, 0.15) is 24.8 Å². The first-order valence-electron chi connectivity index (χ1n) is 7.40. The minimum atomic E-state index is 0.237. The molecule has 2 heteroatoms. The van der Waals surface area contributed by atoms with Crippen LogP contribution in [0.4, 0.5) is 5.69 Å². The van der Waals surface area contributed by atoms with Crippen molar-refractivity contribution in [3.05, 3.63) is 42.0 Å². The van der Waals surface area contributed by atoms with E-state index in [0.717, 1.165) is 31.5 Å². The molecule has 0 unspecified atom stereocenters. The molecule has 0 radical (unpaired) electrons. The molecular weight excluding hydrogens is 234 g/mol. The number of carbonyl (C=O) groups excluding carboxylic acids is 1. The van der Waals surface area contributed by atoms with Gasteiger partial charge in [-0.3, -0.25) is 4.79 Å². The molecule has 3 aliphatic rings. The topological polar surface area (TPSA) is 20.3 Å². The van der Waals surface area contributed by atoms with Crippen molar-refractivity contribution in [2.45, 2.75) is 25.7 Å². The summed E-state index contributed by atoms with van der Waals surface area (Å²) < 4.78 is 0. The summed E-state index contributed by atoms with van der Waals surface area (Å²) in [5, 5.41) is 0. The number of aryl methyl sites for hydroxylation is 1. The molecule has 0 saturated heterocycles. The van der Waals surface area contributed by atoms with Gasteiger partial charge in [0.15, 0.2) is 0 Å². The predicted molar refractivity (Wildman–Crippen MR) is 76.0 cm³/mol. The maximum atomic E-state index is 12.8. The molecule has 0 spiro atoms. The summed E-state index contributed by atoms with van der Waals surface area (Å²) in [6.45, 7) is 0.896. The number of amides is 1. The zero-order valence-corrected chi connectivity index (χ0v) is 11.1. The van der Waals surface area contributed by atoms with Crippen molar-refractivity contribution in [2.24, 2.45) is 17.8 Å². The summed E-state index contributed by atoms with van der Waals surface area (Å²) in [5.41, 5.74) is 2.49. The number of rotatable bonds is 1. The van der Waals surface area contributed by atoms with Crippen molar-refractivity contribution in [3.63, 3.8) is 0 Å². The molecular formula is C17H19NO. The number of hydrogen-bond acceptors (Lipinski definition) is 1. The monoisotopic (exact) mass is 253 g/mol. The first-order valence-corrected chi connectivity index (χ1v) is 7.40. The Bertz CT molecular complexity index is 548. The number of hydrogen-bond donors (Lipinski definition) is 0. The third-order valence-electron chi connectivity index (χ3n) is 4.97. The van der Waals surface area contributed by atoms with Gasteiger partial charge in [-0.05, 0) is 49.1 Å². The van der Waals surface area contributed by atoms with E-state index in [1.807, 2.05) is 6.07 Å². The number of anilines is 1. The van der Waals surface area contributed by atoms with Gasteiger partial charge in [0.1, 0.15) is 0 Å². The molecule has 1 amide bonds. The van der Waals surface area contributed by atoms with Crippen LogP contribution in [0.25, 0.3) is 0 Å². The van der Waals surface area contributed by atoms with Crippen molar-refractivity contribution >= 4 is 11.6 Å².